The van der Waals surface area contributed by atoms with E-state index in [1.165, 1.54) is 19.1 Å². The topological polar surface area (TPSA) is 92.8 Å². The van der Waals surface area contributed by atoms with E-state index in [0.29, 0.717) is 5.69 Å². The van der Waals surface area contributed by atoms with Gasteiger partial charge in [-0.15, -0.1) is 0 Å². The predicted octanol–water partition coefficient (Wildman–Crippen LogP) is 3.37. The van der Waals surface area contributed by atoms with Crippen molar-refractivity contribution in [2.24, 2.45) is 0 Å². The van der Waals surface area contributed by atoms with Gasteiger partial charge in [0.15, 0.2) is 6.10 Å². The zero-order valence-corrected chi connectivity index (χ0v) is 17.2. The number of rotatable bonds is 7. The maximum absolute atomic E-state index is 12.5. The lowest BCUT2D eigenvalue weighted by molar-refractivity contribution is -0.153. The first-order chi connectivity index (χ1) is 14.3. The Hall–Kier alpha value is -3.48. The zero-order valence-electron chi connectivity index (χ0n) is 17.2. The fraction of sp³-hybridized carbons (Fsp3) is 0.304. The maximum Gasteiger partial charge on any atom is 0.326 e. The molecule has 2 atom stereocenters. The van der Waals surface area contributed by atoms with E-state index in [2.05, 4.69) is 19.2 Å². The van der Waals surface area contributed by atoms with Gasteiger partial charge in [0.2, 0.25) is 0 Å². The summed E-state index contributed by atoms with van der Waals surface area (Å²) < 4.78 is 5.17. The number of anilines is 1. The second-order valence-corrected chi connectivity index (χ2v) is 7.26. The molecule has 0 bridgehead atoms. The zero-order chi connectivity index (χ0) is 21.8. The number of para-hydroxylation sites is 1. The molecule has 30 heavy (non-hydrogen) atoms. The van der Waals surface area contributed by atoms with Gasteiger partial charge < -0.3 is 10.1 Å². The molecule has 7 heteroatoms. The van der Waals surface area contributed by atoms with Gasteiger partial charge in [0.1, 0.15) is 6.54 Å². The highest BCUT2D eigenvalue weighted by Crippen LogP contribution is 2.27. The Balaban J connectivity index is 1.61. The number of benzene rings is 2. The fourth-order valence-corrected chi connectivity index (χ4v) is 3.29. The monoisotopic (exact) mass is 408 g/mol. The van der Waals surface area contributed by atoms with Gasteiger partial charge in [-0.2, -0.15) is 0 Å². The van der Waals surface area contributed by atoms with E-state index in [0.717, 1.165) is 16.9 Å². The summed E-state index contributed by atoms with van der Waals surface area (Å²) in [5, 5.41) is 2.79. The molecule has 2 aromatic rings. The molecule has 156 valence electrons. The van der Waals surface area contributed by atoms with Gasteiger partial charge in [-0.1, -0.05) is 44.2 Å². The molecule has 0 aromatic heterocycles. The van der Waals surface area contributed by atoms with E-state index in [9.17, 15) is 19.2 Å². The number of hydrogen-bond donors (Lipinski definition) is 1. The SMILES string of the molecule is CC[C@@H](C)c1ccccc1NC(=O)[C@H](C)OC(=O)CN1C(=O)c2ccccc2C1=O. The summed E-state index contributed by atoms with van der Waals surface area (Å²) in [7, 11) is 0. The normalized spacial score (nSPS) is 14.8. The molecule has 0 unspecified atom stereocenters. The number of ether oxygens (including phenoxy) is 1. The summed E-state index contributed by atoms with van der Waals surface area (Å²) in [4.78, 5) is 50.3. The van der Waals surface area contributed by atoms with Crippen LogP contribution in [-0.2, 0) is 14.3 Å². The van der Waals surface area contributed by atoms with Gasteiger partial charge in [0, 0.05) is 5.69 Å². The predicted molar refractivity (Wildman–Crippen MR) is 111 cm³/mol. The number of imide groups is 1. The number of carbonyl (C=O) groups excluding carboxylic acids is 4. The number of esters is 1. The standard InChI is InChI=1S/C23H24N2O5/c1-4-14(2)16-9-7-8-12-19(16)24-21(27)15(3)30-20(26)13-25-22(28)17-10-5-6-11-18(17)23(25)29/h5-12,14-15H,4,13H2,1-3H3,(H,24,27)/t14-,15+/m1/s1. The lowest BCUT2D eigenvalue weighted by Gasteiger charge is -2.19. The third-order valence-electron chi connectivity index (χ3n) is 5.20. The molecule has 0 spiro atoms. The first-order valence-corrected chi connectivity index (χ1v) is 9.88. The summed E-state index contributed by atoms with van der Waals surface area (Å²) in [5.74, 6) is -2.16. The Morgan fingerprint density at radius 1 is 0.967 bits per heavy atom. The van der Waals surface area contributed by atoms with Crippen LogP contribution in [0.4, 0.5) is 5.69 Å². The summed E-state index contributed by atoms with van der Waals surface area (Å²) in [6, 6.07) is 13.8. The van der Waals surface area contributed by atoms with Gasteiger partial charge in [0.05, 0.1) is 11.1 Å². The highest BCUT2D eigenvalue weighted by atomic mass is 16.5. The third kappa shape index (κ3) is 4.25. The number of nitrogens with one attached hydrogen (secondary N) is 1. The minimum Gasteiger partial charge on any atom is -0.451 e. The molecule has 1 heterocycles. The summed E-state index contributed by atoms with van der Waals surface area (Å²) in [6.07, 6.45) is -0.171. The molecule has 3 amide bonds. The first-order valence-electron chi connectivity index (χ1n) is 9.88. The lowest BCUT2D eigenvalue weighted by Crippen LogP contribution is -2.38. The van der Waals surface area contributed by atoms with Crippen molar-refractivity contribution < 1.29 is 23.9 Å². The van der Waals surface area contributed by atoms with E-state index in [4.69, 9.17) is 4.74 Å². The minimum atomic E-state index is -1.09. The molecular formula is C23H24N2O5. The van der Waals surface area contributed by atoms with Gasteiger partial charge in [-0.3, -0.25) is 24.1 Å². The summed E-state index contributed by atoms with van der Waals surface area (Å²) in [6.45, 7) is 5.03. The third-order valence-corrected chi connectivity index (χ3v) is 5.20. The van der Waals surface area contributed by atoms with Crippen molar-refractivity contribution in [1.29, 1.82) is 0 Å². The average molecular weight is 408 g/mol. The molecule has 0 radical (unpaired) electrons. The van der Waals surface area contributed by atoms with Crippen LogP contribution in [0.1, 0.15) is 59.4 Å². The van der Waals surface area contributed by atoms with E-state index in [1.54, 1.807) is 18.2 Å². The van der Waals surface area contributed by atoms with E-state index >= 15 is 0 Å². The molecule has 2 aromatic carbocycles. The molecule has 0 fully saturated rings. The van der Waals surface area contributed by atoms with Crippen LogP contribution in [0.2, 0.25) is 0 Å². The molecule has 0 aliphatic carbocycles. The molecule has 1 N–H and O–H groups in total. The Morgan fingerprint density at radius 3 is 2.13 bits per heavy atom. The number of hydrogen-bond acceptors (Lipinski definition) is 5. The highest BCUT2D eigenvalue weighted by molar-refractivity contribution is 6.22. The fourth-order valence-electron chi connectivity index (χ4n) is 3.29. The molecular weight excluding hydrogens is 384 g/mol. The van der Waals surface area contributed by atoms with E-state index in [1.807, 2.05) is 18.2 Å². The highest BCUT2D eigenvalue weighted by Gasteiger charge is 2.37. The van der Waals surface area contributed by atoms with Crippen LogP contribution < -0.4 is 5.32 Å². The molecule has 0 saturated heterocycles. The van der Waals surface area contributed by atoms with Gasteiger partial charge in [-0.05, 0) is 43.0 Å². The summed E-state index contributed by atoms with van der Waals surface area (Å²) in [5.41, 5.74) is 2.17. The van der Waals surface area contributed by atoms with Crippen LogP contribution in [0.3, 0.4) is 0 Å². The molecule has 3 rings (SSSR count). The van der Waals surface area contributed by atoms with Crippen LogP contribution in [0, 0.1) is 0 Å². The Bertz CT molecular complexity index is 966. The number of fused-ring (bicyclic) bond motifs is 1. The second kappa shape index (κ2) is 8.90. The molecule has 1 aliphatic heterocycles. The Kier molecular flexibility index (Phi) is 6.30. The van der Waals surface area contributed by atoms with Crippen molar-refractivity contribution in [3.63, 3.8) is 0 Å². The molecule has 0 saturated carbocycles. The van der Waals surface area contributed by atoms with Crippen molar-refractivity contribution in [2.45, 2.75) is 39.2 Å². The second-order valence-electron chi connectivity index (χ2n) is 7.26. The number of carbonyl (C=O) groups is 4. The van der Waals surface area contributed by atoms with Gasteiger partial charge in [0.25, 0.3) is 17.7 Å². The smallest absolute Gasteiger partial charge is 0.326 e. The van der Waals surface area contributed by atoms with Crippen LogP contribution >= 0.6 is 0 Å². The molecule has 7 nitrogen and oxygen atoms in total. The van der Waals surface area contributed by atoms with Gasteiger partial charge in [-0.25, -0.2) is 0 Å². The van der Waals surface area contributed by atoms with Crippen molar-refractivity contribution in [3.8, 4) is 0 Å². The van der Waals surface area contributed by atoms with Crippen LogP contribution in [0.15, 0.2) is 48.5 Å². The Morgan fingerprint density at radius 2 is 1.53 bits per heavy atom. The van der Waals surface area contributed by atoms with Crippen LogP contribution in [0.5, 0.6) is 0 Å². The van der Waals surface area contributed by atoms with Gasteiger partial charge >= 0.3 is 5.97 Å². The van der Waals surface area contributed by atoms with Crippen molar-refractivity contribution in [3.05, 3.63) is 65.2 Å². The van der Waals surface area contributed by atoms with Crippen molar-refractivity contribution in [1.82, 2.24) is 4.90 Å². The van der Waals surface area contributed by atoms with Crippen LogP contribution in [0.25, 0.3) is 0 Å². The van der Waals surface area contributed by atoms with Crippen molar-refractivity contribution in [2.75, 3.05) is 11.9 Å². The Labute approximate surface area is 175 Å². The van der Waals surface area contributed by atoms with Crippen LogP contribution in [-0.4, -0.2) is 41.2 Å². The number of amides is 3. The largest absolute Gasteiger partial charge is 0.451 e. The quantitative estimate of drug-likeness (QED) is 0.560. The average Bonchev–Trinajstić information content (AvgIpc) is 2.98. The summed E-state index contributed by atoms with van der Waals surface area (Å²) >= 11 is 0. The van der Waals surface area contributed by atoms with E-state index in [-0.39, 0.29) is 17.0 Å². The lowest BCUT2D eigenvalue weighted by atomic mass is 9.97. The maximum atomic E-state index is 12.5. The van der Waals surface area contributed by atoms with E-state index < -0.39 is 36.3 Å². The first kappa shape index (κ1) is 21.2. The van der Waals surface area contributed by atoms with Crippen molar-refractivity contribution >= 4 is 29.4 Å². The number of nitrogens with zero attached hydrogens (tertiary/aromatic N) is 1. The molecule has 1 aliphatic rings. The minimum absolute atomic E-state index is 0.253.